The fourth-order valence-corrected chi connectivity index (χ4v) is 11.7. The SMILES string of the molecule is COc1ccc(-c2csc(N3CCN(S(=O)(=O)c4ccc(OC)c(OC)c4)CC3)n2)cc1.COc1ccc(S(=O)(=O)N2CCN(c3nc(-c4ccc(Cl)cc4)cs3)CC2)cc1OC. The van der Waals surface area contributed by atoms with Gasteiger partial charge in [-0.3, -0.25) is 0 Å². The van der Waals surface area contributed by atoms with Crippen LogP contribution in [0.2, 0.25) is 5.02 Å². The van der Waals surface area contributed by atoms with Gasteiger partial charge in [0.1, 0.15) is 5.75 Å². The van der Waals surface area contributed by atoms with Gasteiger partial charge in [0.15, 0.2) is 33.3 Å². The number of sulfonamides is 2. The Balaban J connectivity index is 0.000000189. The highest BCUT2D eigenvalue weighted by atomic mass is 35.5. The van der Waals surface area contributed by atoms with Gasteiger partial charge in [-0.1, -0.05) is 23.7 Å². The van der Waals surface area contributed by atoms with Gasteiger partial charge in [-0.05, 0) is 60.7 Å². The van der Waals surface area contributed by atoms with Crippen LogP contribution in [0.5, 0.6) is 28.7 Å². The molecule has 15 nitrogen and oxygen atoms in total. The van der Waals surface area contributed by atoms with E-state index in [1.807, 2.05) is 59.3 Å². The highest BCUT2D eigenvalue weighted by Gasteiger charge is 2.32. The molecule has 2 aliphatic rings. The molecule has 2 saturated heterocycles. The molecule has 0 saturated carbocycles. The molecule has 4 heterocycles. The largest absolute Gasteiger partial charge is 0.497 e. The zero-order valence-electron chi connectivity index (χ0n) is 35.3. The summed E-state index contributed by atoms with van der Waals surface area (Å²) in [4.78, 5) is 14.1. The highest BCUT2D eigenvalue weighted by molar-refractivity contribution is 7.89. The van der Waals surface area contributed by atoms with Crippen molar-refractivity contribution in [1.82, 2.24) is 18.6 Å². The molecule has 63 heavy (non-hydrogen) atoms. The van der Waals surface area contributed by atoms with Gasteiger partial charge < -0.3 is 33.5 Å². The van der Waals surface area contributed by atoms with Gasteiger partial charge in [-0.2, -0.15) is 8.61 Å². The maximum atomic E-state index is 13.1. The van der Waals surface area contributed by atoms with E-state index in [1.165, 1.54) is 49.2 Å². The summed E-state index contributed by atoms with van der Waals surface area (Å²) >= 11 is 9.07. The molecule has 334 valence electrons. The Morgan fingerprint density at radius 1 is 0.492 bits per heavy atom. The lowest BCUT2D eigenvalue weighted by Gasteiger charge is -2.33. The Morgan fingerprint density at radius 2 is 0.873 bits per heavy atom. The molecule has 4 aromatic carbocycles. The number of aromatic nitrogens is 2. The average molecular weight is 956 g/mol. The number of hydrogen-bond donors (Lipinski definition) is 0. The number of hydrogen-bond acceptors (Lipinski definition) is 15. The maximum Gasteiger partial charge on any atom is 0.243 e. The fourth-order valence-electron chi connectivity index (χ4n) is 6.96. The van der Waals surface area contributed by atoms with Crippen molar-refractivity contribution in [1.29, 1.82) is 0 Å². The van der Waals surface area contributed by atoms with Gasteiger partial charge in [0.05, 0.1) is 56.7 Å². The average Bonchev–Trinajstić information content (AvgIpc) is 4.03. The second-order valence-electron chi connectivity index (χ2n) is 14.1. The maximum absolute atomic E-state index is 13.1. The lowest BCUT2D eigenvalue weighted by molar-refractivity contribution is 0.353. The van der Waals surface area contributed by atoms with Crippen molar-refractivity contribution < 1.29 is 40.5 Å². The van der Waals surface area contributed by atoms with Crippen molar-refractivity contribution >= 4 is 64.6 Å². The predicted molar refractivity (Wildman–Crippen MR) is 248 cm³/mol. The summed E-state index contributed by atoms with van der Waals surface area (Å²) in [5.74, 6) is 2.57. The van der Waals surface area contributed by atoms with E-state index >= 15 is 0 Å². The van der Waals surface area contributed by atoms with Crippen molar-refractivity contribution in [2.45, 2.75) is 9.79 Å². The number of nitrogens with zero attached hydrogens (tertiary/aromatic N) is 6. The van der Waals surface area contributed by atoms with E-state index in [4.69, 9.17) is 45.3 Å². The third-order valence-electron chi connectivity index (χ3n) is 10.5. The first kappa shape index (κ1) is 45.9. The van der Waals surface area contributed by atoms with Crippen LogP contribution in [0.4, 0.5) is 10.3 Å². The molecule has 8 rings (SSSR count). The number of anilines is 2. The molecule has 2 aliphatic heterocycles. The first-order valence-electron chi connectivity index (χ1n) is 19.6. The van der Waals surface area contributed by atoms with Crippen LogP contribution < -0.4 is 33.5 Å². The monoisotopic (exact) mass is 954 g/mol. The van der Waals surface area contributed by atoms with E-state index in [0.717, 1.165) is 38.5 Å². The molecule has 2 aromatic heterocycles. The van der Waals surface area contributed by atoms with Crippen LogP contribution in [-0.2, 0) is 20.0 Å². The standard InChI is InChI=1S/C22H25N3O5S2.C21H22ClN3O4S2/c1-28-17-6-4-16(5-7-17)19-15-31-22(23-19)24-10-12-25(13-11-24)32(26,27)18-8-9-20(29-2)21(14-18)30-3;1-28-19-8-7-17(13-20(19)29-2)31(26,27)25-11-9-24(10-12-25)21-23-18(14-30-21)15-3-5-16(22)6-4-15/h4-9,14-15H,10-13H2,1-3H3;3-8,13-14H,9-12H2,1-2H3. The van der Waals surface area contributed by atoms with E-state index < -0.39 is 20.0 Å². The van der Waals surface area contributed by atoms with Crippen molar-refractivity contribution in [3.63, 3.8) is 0 Å². The topological polar surface area (TPSA) is 153 Å². The zero-order valence-corrected chi connectivity index (χ0v) is 39.3. The first-order valence-corrected chi connectivity index (χ1v) is 24.7. The smallest absolute Gasteiger partial charge is 0.243 e. The zero-order chi connectivity index (χ0) is 44.7. The first-order chi connectivity index (χ1) is 30.4. The number of ether oxygens (including phenoxy) is 5. The van der Waals surface area contributed by atoms with Gasteiger partial charge in [-0.15, -0.1) is 22.7 Å². The molecule has 0 aliphatic carbocycles. The Bertz CT molecular complexity index is 2700. The van der Waals surface area contributed by atoms with E-state index in [-0.39, 0.29) is 9.79 Å². The molecule has 0 N–H and O–H groups in total. The summed E-state index contributed by atoms with van der Waals surface area (Å²) in [6, 6.07) is 24.6. The van der Waals surface area contributed by atoms with Gasteiger partial charge in [0, 0.05) is 91.4 Å². The fraction of sp³-hybridized carbons (Fsp3) is 0.302. The molecule has 0 spiro atoms. The molecule has 0 unspecified atom stereocenters. The van der Waals surface area contributed by atoms with Crippen molar-refractivity contribution in [2.75, 3.05) is 97.7 Å². The minimum absolute atomic E-state index is 0.192. The minimum atomic E-state index is -3.63. The molecule has 0 amide bonds. The summed E-state index contributed by atoms with van der Waals surface area (Å²) in [5.41, 5.74) is 3.80. The normalized spacial score (nSPS) is 15.0. The second kappa shape index (κ2) is 20.1. The highest BCUT2D eigenvalue weighted by Crippen LogP contribution is 2.35. The number of benzene rings is 4. The van der Waals surface area contributed by atoms with Crippen molar-refractivity contribution in [2.24, 2.45) is 0 Å². The molecule has 0 atom stereocenters. The van der Waals surface area contributed by atoms with Gasteiger partial charge in [-0.25, -0.2) is 26.8 Å². The molecule has 20 heteroatoms. The molecule has 6 aromatic rings. The van der Waals surface area contributed by atoms with E-state index in [2.05, 4.69) is 9.80 Å². The molecule has 2 fully saturated rings. The predicted octanol–water partition coefficient (Wildman–Crippen LogP) is 7.34. The summed E-state index contributed by atoms with van der Waals surface area (Å²) < 4.78 is 81.6. The van der Waals surface area contributed by atoms with Crippen molar-refractivity contribution in [3.8, 4) is 51.3 Å². The van der Waals surface area contributed by atoms with E-state index in [1.54, 1.807) is 54.0 Å². The third kappa shape index (κ3) is 10.3. The molecule has 0 bridgehead atoms. The Hall–Kier alpha value is -5.15. The summed E-state index contributed by atoms with van der Waals surface area (Å²) in [6.45, 7) is 3.81. The van der Waals surface area contributed by atoms with E-state index in [0.29, 0.717) is 80.4 Å². The van der Waals surface area contributed by atoms with Crippen LogP contribution in [-0.4, -0.2) is 123 Å². The Morgan fingerprint density at radius 3 is 1.24 bits per heavy atom. The number of rotatable bonds is 13. The lowest BCUT2D eigenvalue weighted by atomic mass is 10.2. The number of thiazole rings is 2. The van der Waals surface area contributed by atoms with Crippen LogP contribution in [0.15, 0.2) is 105 Å². The van der Waals surface area contributed by atoms with Crippen LogP contribution in [0.1, 0.15) is 0 Å². The molecular weight excluding hydrogens is 908 g/mol. The van der Waals surface area contributed by atoms with Gasteiger partial charge in [0.25, 0.3) is 0 Å². The van der Waals surface area contributed by atoms with Crippen LogP contribution in [0, 0.1) is 0 Å². The van der Waals surface area contributed by atoms with Gasteiger partial charge >= 0.3 is 0 Å². The number of halogens is 1. The third-order valence-corrected chi connectivity index (χ3v) is 16.4. The van der Waals surface area contributed by atoms with Crippen LogP contribution >= 0.6 is 34.3 Å². The Kier molecular flexibility index (Phi) is 14.7. The second-order valence-corrected chi connectivity index (χ2v) is 20.1. The number of piperazine rings is 2. The summed E-state index contributed by atoms with van der Waals surface area (Å²) in [5, 5.41) is 6.48. The quantitative estimate of drug-likeness (QED) is 0.114. The molecular formula is C43H47ClN6O9S4. The van der Waals surface area contributed by atoms with E-state index in [9.17, 15) is 16.8 Å². The lowest BCUT2D eigenvalue weighted by Crippen LogP contribution is -2.48. The summed E-state index contributed by atoms with van der Waals surface area (Å²) in [7, 11) is 0.394. The number of methoxy groups -OCH3 is 5. The van der Waals surface area contributed by atoms with Gasteiger partial charge in [0.2, 0.25) is 20.0 Å². The molecule has 0 radical (unpaired) electrons. The van der Waals surface area contributed by atoms with Crippen LogP contribution in [0.25, 0.3) is 22.5 Å². The van der Waals surface area contributed by atoms with Crippen LogP contribution in [0.3, 0.4) is 0 Å². The van der Waals surface area contributed by atoms with Crippen molar-refractivity contribution in [3.05, 3.63) is 101 Å². The minimum Gasteiger partial charge on any atom is -0.497 e. The Labute approximate surface area is 381 Å². The summed E-state index contributed by atoms with van der Waals surface area (Å²) in [6.07, 6.45) is 0.